The number of rotatable bonds is 6. The molecule has 3 rings (SSSR count). The smallest absolute Gasteiger partial charge is 0.225 e. The van der Waals surface area contributed by atoms with Gasteiger partial charge in [0.25, 0.3) is 0 Å². The van der Waals surface area contributed by atoms with E-state index in [1.165, 1.54) is 0 Å². The van der Waals surface area contributed by atoms with Crippen LogP contribution in [0.3, 0.4) is 0 Å². The summed E-state index contributed by atoms with van der Waals surface area (Å²) in [6.45, 7) is 0. The highest BCUT2D eigenvalue weighted by atomic mass is 16.5. The van der Waals surface area contributed by atoms with Crippen LogP contribution in [0, 0.1) is 0 Å². The zero-order valence-electron chi connectivity index (χ0n) is 14.7. The van der Waals surface area contributed by atoms with Gasteiger partial charge in [0.2, 0.25) is 5.91 Å². The van der Waals surface area contributed by atoms with Crippen LogP contribution in [0.15, 0.2) is 78.9 Å². The highest BCUT2D eigenvalue weighted by molar-refractivity contribution is 5.93. The molecule has 0 spiro atoms. The highest BCUT2D eigenvalue weighted by Crippen LogP contribution is 2.30. The fourth-order valence-corrected chi connectivity index (χ4v) is 3.00. The summed E-state index contributed by atoms with van der Waals surface area (Å²) in [6, 6.07) is 25.3. The number of nitrogens with two attached hydrogens (primary N) is 1. The van der Waals surface area contributed by atoms with Crippen LogP contribution in [0.5, 0.6) is 5.75 Å². The van der Waals surface area contributed by atoms with Gasteiger partial charge in [-0.2, -0.15) is 0 Å². The molecule has 0 heterocycles. The molecule has 3 aromatic carbocycles. The Kier molecular flexibility index (Phi) is 5.54. The number of hydrogen-bond donors (Lipinski definition) is 2. The van der Waals surface area contributed by atoms with Crippen molar-refractivity contribution in [1.29, 1.82) is 0 Å². The van der Waals surface area contributed by atoms with E-state index in [-0.39, 0.29) is 11.8 Å². The quantitative estimate of drug-likeness (QED) is 0.649. The molecule has 0 saturated heterocycles. The Bertz CT molecular complexity index is 824. The Labute approximate surface area is 153 Å². The SMILES string of the molecule is COc1cc(N)ccc1NC(=O)CC(c1ccccc1)c1ccccc1. The average Bonchev–Trinajstić information content (AvgIpc) is 2.69. The summed E-state index contributed by atoms with van der Waals surface area (Å²) in [5.74, 6) is 0.456. The van der Waals surface area contributed by atoms with E-state index in [0.717, 1.165) is 11.1 Å². The van der Waals surface area contributed by atoms with Gasteiger partial charge in [0.1, 0.15) is 5.75 Å². The van der Waals surface area contributed by atoms with E-state index < -0.39 is 0 Å². The molecule has 0 aliphatic rings. The number of anilines is 2. The number of amides is 1. The largest absolute Gasteiger partial charge is 0.494 e. The minimum Gasteiger partial charge on any atom is -0.494 e. The Morgan fingerprint density at radius 2 is 1.54 bits per heavy atom. The molecular weight excluding hydrogens is 324 g/mol. The van der Waals surface area contributed by atoms with Crippen LogP contribution in [0.2, 0.25) is 0 Å². The Hall–Kier alpha value is -3.27. The van der Waals surface area contributed by atoms with Crippen LogP contribution in [-0.4, -0.2) is 13.0 Å². The lowest BCUT2D eigenvalue weighted by molar-refractivity contribution is -0.116. The summed E-state index contributed by atoms with van der Waals surface area (Å²) in [5.41, 5.74) is 9.20. The van der Waals surface area contributed by atoms with E-state index in [0.29, 0.717) is 23.5 Å². The second-order valence-corrected chi connectivity index (χ2v) is 6.09. The van der Waals surface area contributed by atoms with Gasteiger partial charge >= 0.3 is 0 Å². The Balaban J connectivity index is 1.82. The zero-order chi connectivity index (χ0) is 18.4. The zero-order valence-corrected chi connectivity index (χ0v) is 14.7. The molecule has 0 atom stereocenters. The van der Waals surface area contributed by atoms with E-state index in [1.807, 2.05) is 36.4 Å². The van der Waals surface area contributed by atoms with Crippen LogP contribution in [0.4, 0.5) is 11.4 Å². The van der Waals surface area contributed by atoms with Crippen molar-refractivity contribution in [1.82, 2.24) is 0 Å². The first-order valence-corrected chi connectivity index (χ1v) is 8.50. The summed E-state index contributed by atoms with van der Waals surface area (Å²) in [5, 5.41) is 2.94. The van der Waals surface area contributed by atoms with E-state index in [9.17, 15) is 4.79 Å². The molecule has 1 amide bonds. The third-order valence-corrected chi connectivity index (χ3v) is 4.29. The lowest BCUT2D eigenvalue weighted by atomic mass is 9.88. The molecule has 4 nitrogen and oxygen atoms in total. The molecule has 0 radical (unpaired) electrons. The number of carbonyl (C=O) groups excluding carboxylic acids is 1. The molecular formula is C22H22N2O2. The van der Waals surface area contributed by atoms with Crippen LogP contribution >= 0.6 is 0 Å². The first kappa shape index (κ1) is 17.5. The Morgan fingerprint density at radius 1 is 0.962 bits per heavy atom. The molecule has 3 N–H and O–H groups in total. The molecule has 132 valence electrons. The number of methoxy groups -OCH3 is 1. The fraction of sp³-hybridized carbons (Fsp3) is 0.136. The molecule has 0 aliphatic heterocycles. The van der Waals surface area contributed by atoms with Crippen molar-refractivity contribution in [2.24, 2.45) is 0 Å². The van der Waals surface area contributed by atoms with Gasteiger partial charge in [0.15, 0.2) is 0 Å². The van der Waals surface area contributed by atoms with Crippen LogP contribution in [-0.2, 0) is 4.79 Å². The maximum Gasteiger partial charge on any atom is 0.225 e. The average molecular weight is 346 g/mol. The van der Waals surface area contributed by atoms with Crippen molar-refractivity contribution in [3.05, 3.63) is 90.0 Å². The molecule has 0 fully saturated rings. The van der Waals surface area contributed by atoms with E-state index >= 15 is 0 Å². The summed E-state index contributed by atoms with van der Waals surface area (Å²) < 4.78 is 5.31. The van der Waals surface area contributed by atoms with Gasteiger partial charge < -0.3 is 15.8 Å². The minimum absolute atomic E-state index is 0.0165. The monoisotopic (exact) mass is 346 g/mol. The maximum atomic E-state index is 12.7. The van der Waals surface area contributed by atoms with Crippen molar-refractivity contribution < 1.29 is 9.53 Å². The second kappa shape index (κ2) is 8.21. The van der Waals surface area contributed by atoms with Crippen molar-refractivity contribution in [3.8, 4) is 5.75 Å². The predicted octanol–water partition coefficient (Wildman–Crippen LogP) is 4.44. The number of ether oxygens (including phenoxy) is 1. The highest BCUT2D eigenvalue weighted by Gasteiger charge is 2.19. The molecule has 0 bridgehead atoms. The molecule has 3 aromatic rings. The first-order chi connectivity index (χ1) is 12.7. The van der Waals surface area contributed by atoms with Crippen molar-refractivity contribution in [2.75, 3.05) is 18.2 Å². The van der Waals surface area contributed by atoms with E-state index in [2.05, 4.69) is 29.6 Å². The summed E-state index contributed by atoms with van der Waals surface area (Å²) in [7, 11) is 1.56. The Morgan fingerprint density at radius 3 is 2.08 bits per heavy atom. The summed E-state index contributed by atoms with van der Waals surface area (Å²) in [4.78, 5) is 12.7. The third-order valence-electron chi connectivity index (χ3n) is 4.29. The van der Waals surface area contributed by atoms with Crippen LogP contribution in [0.25, 0.3) is 0 Å². The van der Waals surface area contributed by atoms with Gasteiger partial charge in [-0.15, -0.1) is 0 Å². The topological polar surface area (TPSA) is 64.3 Å². The van der Waals surface area contributed by atoms with Crippen LogP contribution < -0.4 is 15.8 Å². The molecule has 0 aliphatic carbocycles. The molecule has 4 heteroatoms. The van der Waals surface area contributed by atoms with Gasteiger partial charge in [0, 0.05) is 24.1 Å². The fourth-order valence-electron chi connectivity index (χ4n) is 3.00. The summed E-state index contributed by atoms with van der Waals surface area (Å²) >= 11 is 0. The standard InChI is InChI=1S/C22H22N2O2/c1-26-21-14-18(23)12-13-20(21)24-22(25)15-19(16-8-4-2-5-9-16)17-10-6-3-7-11-17/h2-14,19H,15,23H2,1H3,(H,24,25). The normalized spacial score (nSPS) is 10.5. The number of benzene rings is 3. The number of hydrogen-bond acceptors (Lipinski definition) is 3. The van der Waals surface area contributed by atoms with Gasteiger partial charge in [-0.1, -0.05) is 60.7 Å². The van der Waals surface area contributed by atoms with Gasteiger partial charge in [-0.25, -0.2) is 0 Å². The van der Waals surface area contributed by atoms with Crippen molar-refractivity contribution in [2.45, 2.75) is 12.3 Å². The molecule has 0 saturated carbocycles. The van der Waals surface area contributed by atoms with Gasteiger partial charge in [0.05, 0.1) is 12.8 Å². The van der Waals surface area contributed by atoms with Crippen molar-refractivity contribution in [3.63, 3.8) is 0 Å². The van der Waals surface area contributed by atoms with Crippen molar-refractivity contribution >= 4 is 17.3 Å². The first-order valence-electron chi connectivity index (χ1n) is 8.50. The summed E-state index contributed by atoms with van der Waals surface area (Å²) in [6.07, 6.45) is 0.335. The lowest BCUT2D eigenvalue weighted by Crippen LogP contribution is -2.17. The third kappa shape index (κ3) is 4.22. The van der Waals surface area contributed by atoms with Gasteiger partial charge in [-0.3, -0.25) is 4.79 Å². The van der Waals surface area contributed by atoms with Crippen LogP contribution in [0.1, 0.15) is 23.5 Å². The molecule has 26 heavy (non-hydrogen) atoms. The lowest BCUT2D eigenvalue weighted by Gasteiger charge is -2.18. The van der Waals surface area contributed by atoms with E-state index in [1.54, 1.807) is 25.3 Å². The van der Waals surface area contributed by atoms with Gasteiger partial charge in [-0.05, 0) is 23.3 Å². The molecule has 0 unspecified atom stereocenters. The van der Waals surface area contributed by atoms with E-state index in [4.69, 9.17) is 10.5 Å². The molecule has 0 aromatic heterocycles. The minimum atomic E-state index is -0.0780. The predicted molar refractivity (Wildman–Crippen MR) is 105 cm³/mol. The second-order valence-electron chi connectivity index (χ2n) is 6.09. The number of nitrogen functional groups attached to an aromatic ring is 1. The number of carbonyl (C=O) groups is 1. The maximum absolute atomic E-state index is 12.7. The number of nitrogens with one attached hydrogen (secondary N) is 1.